The van der Waals surface area contributed by atoms with Crippen molar-refractivity contribution in [2.45, 2.75) is 20.0 Å². The number of nitrogens with one attached hydrogen (secondary N) is 2. The van der Waals surface area contributed by atoms with Gasteiger partial charge < -0.3 is 10.6 Å². The zero-order valence-corrected chi connectivity index (χ0v) is 19.8. The van der Waals surface area contributed by atoms with Crippen LogP contribution in [0.15, 0.2) is 77.5 Å². The largest absolute Gasteiger partial charge is 0.416 e. The second-order valence-electron chi connectivity index (χ2n) is 8.16. The molecule has 0 saturated heterocycles. The van der Waals surface area contributed by atoms with E-state index in [4.69, 9.17) is 11.6 Å². The summed E-state index contributed by atoms with van der Waals surface area (Å²) < 4.78 is 38.9. The SMILES string of the molecule is Cc1ccc(N2C(=O)C(Cl)=C(Nc3cc(C(=O)Nc4cccc(C(F)(F)F)c4)ccc3C)C2=O)cc1. The van der Waals surface area contributed by atoms with Crippen LogP contribution in [0.3, 0.4) is 0 Å². The molecule has 6 nitrogen and oxygen atoms in total. The second-order valence-corrected chi connectivity index (χ2v) is 8.54. The zero-order chi connectivity index (χ0) is 26.2. The third kappa shape index (κ3) is 4.96. The van der Waals surface area contributed by atoms with Gasteiger partial charge in [-0.05, 0) is 61.9 Å². The van der Waals surface area contributed by atoms with Gasteiger partial charge in [0.05, 0.1) is 11.3 Å². The molecular formula is C26H19ClF3N3O3. The van der Waals surface area contributed by atoms with E-state index in [9.17, 15) is 27.6 Å². The molecule has 0 spiro atoms. The Kier molecular flexibility index (Phi) is 6.60. The molecule has 2 N–H and O–H groups in total. The predicted molar refractivity (Wildman–Crippen MR) is 131 cm³/mol. The molecule has 0 unspecified atom stereocenters. The first-order valence-electron chi connectivity index (χ1n) is 10.7. The van der Waals surface area contributed by atoms with E-state index in [-0.39, 0.29) is 22.0 Å². The summed E-state index contributed by atoms with van der Waals surface area (Å²) >= 11 is 6.20. The number of hydrogen-bond donors (Lipinski definition) is 2. The Hall–Kier alpha value is -4.11. The summed E-state index contributed by atoms with van der Waals surface area (Å²) in [5.74, 6) is -2.01. The van der Waals surface area contributed by atoms with E-state index in [2.05, 4.69) is 10.6 Å². The van der Waals surface area contributed by atoms with Crippen LogP contribution >= 0.6 is 11.6 Å². The van der Waals surface area contributed by atoms with Gasteiger partial charge >= 0.3 is 6.18 Å². The van der Waals surface area contributed by atoms with Crippen LogP contribution < -0.4 is 15.5 Å². The summed E-state index contributed by atoms with van der Waals surface area (Å²) in [6.07, 6.45) is -4.55. The molecule has 184 valence electrons. The third-order valence-electron chi connectivity index (χ3n) is 5.53. The Labute approximate surface area is 209 Å². The molecule has 0 radical (unpaired) electrons. The lowest BCUT2D eigenvalue weighted by molar-refractivity contribution is -0.137. The lowest BCUT2D eigenvalue weighted by Crippen LogP contribution is -2.32. The lowest BCUT2D eigenvalue weighted by atomic mass is 10.1. The number of nitrogens with zero attached hydrogens (tertiary/aromatic N) is 1. The van der Waals surface area contributed by atoms with Gasteiger partial charge in [0.25, 0.3) is 17.7 Å². The number of imide groups is 1. The number of hydrogen-bond acceptors (Lipinski definition) is 4. The summed E-state index contributed by atoms with van der Waals surface area (Å²) in [4.78, 5) is 39.4. The maximum absolute atomic E-state index is 13.0. The summed E-state index contributed by atoms with van der Waals surface area (Å²) in [7, 11) is 0. The number of anilines is 3. The smallest absolute Gasteiger partial charge is 0.349 e. The molecule has 0 fully saturated rings. The highest BCUT2D eigenvalue weighted by molar-refractivity contribution is 6.53. The standard InChI is InChI=1S/C26H19ClF3N3O3/c1-14-6-10-19(11-7-14)33-24(35)21(27)22(25(33)36)32-20-12-16(9-8-15(20)2)23(34)31-18-5-3-4-17(13-18)26(28,29)30/h3-13,32H,1-2H3,(H,31,34). The van der Waals surface area contributed by atoms with Crippen molar-refractivity contribution in [3.05, 3.63) is 99.7 Å². The van der Waals surface area contributed by atoms with E-state index in [0.29, 0.717) is 16.9 Å². The van der Waals surface area contributed by atoms with Crippen molar-refractivity contribution in [2.24, 2.45) is 0 Å². The molecule has 1 aliphatic heterocycles. The van der Waals surface area contributed by atoms with Gasteiger partial charge in [0.1, 0.15) is 10.7 Å². The molecule has 10 heteroatoms. The van der Waals surface area contributed by atoms with Crippen LogP contribution in [0.5, 0.6) is 0 Å². The molecule has 0 bridgehead atoms. The molecule has 1 aliphatic rings. The van der Waals surface area contributed by atoms with Crippen LogP contribution in [-0.2, 0) is 15.8 Å². The molecule has 1 heterocycles. The van der Waals surface area contributed by atoms with E-state index < -0.39 is 29.5 Å². The van der Waals surface area contributed by atoms with Crippen molar-refractivity contribution < 1.29 is 27.6 Å². The Bertz CT molecular complexity index is 1420. The van der Waals surface area contributed by atoms with Crippen molar-refractivity contribution in [3.63, 3.8) is 0 Å². The first-order chi connectivity index (χ1) is 17.0. The molecule has 36 heavy (non-hydrogen) atoms. The first kappa shape index (κ1) is 25.0. The fourth-order valence-corrected chi connectivity index (χ4v) is 3.76. The van der Waals surface area contributed by atoms with Crippen molar-refractivity contribution >= 4 is 46.4 Å². The van der Waals surface area contributed by atoms with Crippen molar-refractivity contribution in [3.8, 4) is 0 Å². The third-order valence-corrected chi connectivity index (χ3v) is 5.88. The number of carbonyl (C=O) groups excluding carboxylic acids is 3. The quantitative estimate of drug-likeness (QED) is 0.410. The molecule has 3 aromatic carbocycles. The number of rotatable bonds is 5. The number of aryl methyl sites for hydroxylation is 2. The van der Waals surface area contributed by atoms with E-state index in [1.807, 2.05) is 6.92 Å². The summed E-state index contributed by atoms with van der Waals surface area (Å²) in [6.45, 7) is 3.58. The normalized spacial score (nSPS) is 13.9. The summed E-state index contributed by atoms with van der Waals surface area (Å²) in [6, 6.07) is 15.5. The van der Waals surface area contributed by atoms with Gasteiger partial charge in [-0.15, -0.1) is 0 Å². The van der Waals surface area contributed by atoms with Gasteiger partial charge in [-0.1, -0.05) is 41.4 Å². The highest BCUT2D eigenvalue weighted by atomic mass is 35.5. The Morgan fingerprint density at radius 2 is 1.61 bits per heavy atom. The minimum atomic E-state index is -4.55. The predicted octanol–water partition coefficient (Wildman–Crippen LogP) is 6.01. The molecule has 0 atom stereocenters. The lowest BCUT2D eigenvalue weighted by Gasteiger charge is -2.16. The van der Waals surface area contributed by atoms with Crippen molar-refractivity contribution in [2.75, 3.05) is 15.5 Å². The minimum absolute atomic E-state index is 0.0269. The van der Waals surface area contributed by atoms with Gasteiger partial charge in [0.2, 0.25) is 0 Å². The van der Waals surface area contributed by atoms with Gasteiger partial charge in [0, 0.05) is 16.9 Å². The number of amides is 3. The first-order valence-corrected chi connectivity index (χ1v) is 11.0. The van der Waals surface area contributed by atoms with E-state index in [1.54, 1.807) is 37.3 Å². The second kappa shape index (κ2) is 9.50. The molecular weight excluding hydrogens is 495 g/mol. The van der Waals surface area contributed by atoms with E-state index in [1.165, 1.54) is 24.3 Å². The molecule has 0 saturated carbocycles. The maximum Gasteiger partial charge on any atom is 0.416 e. The zero-order valence-electron chi connectivity index (χ0n) is 19.0. The molecule has 4 rings (SSSR count). The molecule has 0 aliphatic carbocycles. The summed E-state index contributed by atoms with van der Waals surface area (Å²) in [5, 5.41) is 4.97. The number of benzene rings is 3. The van der Waals surface area contributed by atoms with Crippen LogP contribution in [0.1, 0.15) is 27.0 Å². The van der Waals surface area contributed by atoms with Crippen molar-refractivity contribution in [1.82, 2.24) is 0 Å². The van der Waals surface area contributed by atoms with E-state index in [0.717, 1.165) is 22.6 Å². The Balaban J connectivity index is 1.57. The van der Waals surface area contributed by atoms with Crippen molar-refractivity contribution in [1.29, 1.82) is 0 Å². The highest BCUT2D eigenvalue weighted by Crippen LogP contribution is 2.32. The van der Waals surface area contributed by atoms with E-state index >= 15 is 0 Å². The average molecular weight is 514 g/mol. The molecule has 0 aromatic heterocycles. The fraction of sp³-hybridized carbons (Fsp3) is 0.115. The number of alkyl halides is 3. The van der Waals surface area contributed by atoms with Gasteiger partial charge in [-0.2, -0.15) is 13.2 Å². The van der Waals surface area contributed by atoms with Crippen LogP contribution in [0, 0.1) is 13.8 Å². The van der Waals surface area contributed by atoms with Crippen LogP contribution in [-0.4, -0.2) is 17.7 Å². The number of carbonyl (C=O) groups is 3. The Morgan fingerprint density at radius 3 is 2.28 bits per heavy atom. The van der Waals surface area contributed by atoms with Crippen LogP contribution in [0.2, 0.25) is 0 Å². The van der Waals surface area contributed by atoms with Gasteiger partial charge in [-0.25, -0.2) is 4.90 Å². The van der Waals surface area contributed by atoms with Crippen LogP contribution in [0.4, 0.5) is 30.2 Å². The maximum atomic E-state index is 13.0. The fourth-order valence-electron chi connectivity index (χ4n) is 3.55. The molecule has 3 amide bonds. The van der Waals surface area contributed by atoms with Crippen LogP contribution in [0.25, 0.3) is 0 Å². The van der Waals surface area contributed by atoms with Gasteiger partial charge in [0.15, 0.2) is 0 Å². The Morgan fingerprint density at radius 1 is 0.917 bits per heavy atom. The highest BCUT2D eigenvalue weighted by Gasteiger charge is 2.39. The van der Waals surface area contributed by atoms with Gasteiger partial charge in [-0.3, -0.25) is 14.4 Å². The summed E-state index contributed by atoms with van der Waals surface area (Å²) in [5.41, 5.74) is 1.31. The average Bonchev–Trinajstić information content (AvgIpc) is 3.03. The monoisotopic (exact) mass is 513 g/mol. The topological polar surface area (TPSA) is 78.5 Å². The minimum Gasteiger partial charge on any atom is -0.349 e. The number of halogens is 4. The molecule has 3 aromatic rings.